The normalized spacial score (nSPS) is 11.5. The molecule has 1 aromatic heterocycles. The van der Waals surface area contributed by atoms with Gasteiger partial charge in [-0.3, -0.25) is 9.36 Å². The van der Waals surface area contributed by atoms with Gasteiger partial charge in [0, 0.05) is 11.3 Å². The van der Waals surface area contributed by atoms with Crippen molar-refractivity contribution in [3.63, 3.8) is 0 Å². The Morgan fingerprint density at radius 3 is 2.31 bits per heavy atom. The van der Waals surface area contributed by atoms with E-state index in [1.165, 1.54) is 17.3 Å². The molecule has 0 unspecified atom stereocenters. The highest BCUT2D eigenvalue weighted by atomic mass is 35.5. The monoisotopic (exact) mass is 504 g/mol. The number of nitrogens with zero attached hydrogens (tertiary/aromatic N) is 3. The van der Waals surface area contributed by atoms with Crippen molar-refractivity contribution in [3.8, 4) is 17.1 Å². The Kier molecular flexibility index (Phi) is 7.33. The summed E-state index contributed by atoms with van der Waals surface area (Å²) < 4.78 is 1.99. The number of aryl methyl sites for hydroxylation is 2. The fourth-order valence-electron chi connectivity index (χ4n) is 3.86. The summed E-state index contributed by atoms with van der Waals surface area (Å²) in [5.41, 5.74) is 5.86. The van der Waals surface area contributed by atoms with Crippen LogP contribution in [0.4, 0.5) is 5.69 Å². The summed E-state index contributed by atoms with van der Waals surface area (Å²) in [5.74, 6) is 0.761. The molecule has 0 fully saturated rings. The molecule has 0 bridgehead atoms. The minimum absolute atomic E-state index is 0.0682. The lowest BCUT2D eigenvalue weighted by Gasteiger charge is -2.19. The second kappa shape index (κ2) is 10.3. The second-order valence-electron chi connectivity index (χ2n) is 9.58. The van der Waals surface area contributed by atoms with Crippen LogP contribution in [0.3, 0.4) is 0 Å². The number of rotatable bonds is 6. The van der Waals surface area contributed by atoms with Gasteiger partial charge in [0.1, 0.15) is 0 Å². The van der Waals surface area contributed by atoms with E-state index in [1.807, 2.05) is 60.9 Å². The third-order valence-electron chi connectivity index (χ3n) is 5.69. The molecule has 1 amide bonds. The molecule has 1 N–H and O–H groups in total. The van der Waals surface area contributed by atoms with E-state index >= 15 is 0 Å². The second-order valence-corrected chi connectivity index (χ2v) is 10.9. The maximum Gasteiger partial charge on any atom is 0.234 e. The van der Waals surface area contributed by atoms with Crippen LogP contribution in [0, 0.1) is 13.8 Å². The molecule has 0 radical (unpaired) electrons. The van der Waals surface area contributed by atoms with Crippen molar-refractivity contribution in [2.75, 3.05) is 11.1 Å². The maximum atomic E-state index is 12.8. The number of nitrogens with one attached hydrogen (secondary N) is 1. The third-order valence-corrected chi connectivity index (χ3v) is 6.91. The number of para-hydroxylation sites is 1. The van der Waals surface area contributed by atoms with Gasteiger partial charge in [-0.05, 0) is 54.2 Å². The van der Waals surface area contributed by atoms with Crippen LogP contribution in [-0.2, 0) is 10.2 Å². The first-order valence-corrected chi connectivity index (χ1v) is 12.8. The minimum Gasteiger partial charge on any atom is -0.324 e. The van der Waals surface area contributed by atoms with Gasteiger partial charge in [0.15, 0.2) is 11.0 Å². The van der Waals surface area contributed by atoms with E-state index in [1.54, 1.807) is 0 Å². The van der Waals surface area contributed by atoms with Crippen LogP contribution in [-0.4, -0.2) is 26.4 Å². The summed E-state index contributed by atoms with van der Waals surface area (Å²) in [5, 5.41) is 13.1. The zero-order valence-electron chi connectivity index (χ0n) is 20.6. The van der Waals surface area contributed by atoms with Crippen molar-refractivity contribution in [1.82, 2.24) is 14.8 Å². The van der Waals surface area contributed by atoms with Gasteiger partial charge in [-0.1, -0.05) is 92.7 Å². The standard InChI is InChI=1S/C28H29ClN4OS/c1-18-15-19(2)25(23(29)16-18)30-24(34)17-35-27-32-31-26(33(27)22-9-7-6-8-10-22)20-11-13-21(14-12-20)28(3,4)5/h6-16H,17H2,1-5H3,(H,30,34). The zero-order chi connectivity index (χ0) is 25.2. The Labute approximate surface area is 215 Å². The van der Waals surface area contributed by atoms with Gasteiger partial charge in [0.25, 0.3) is 0 Å². The molecule has 3 aromatic carbocycles. The highest BCUT2D eigenvalue weighted by Gasteiger charge is 2.19. The van der Waals surface area contributed by atoms with Gasteiger partial charge in [-0.2, -0.15) is 0 Å². The minimum atomic E-state index is -0.150. The van der Waals surface area contributed by atoms with E-state index in [4.69, 9.17) is 11.6 Å². The SMILES string of the molecule is Cc1cc(C)c(NC(=O)CSc2nnc(-c3ccc(C(C)(C)C)cc3)n2-c2ccccc2)c(Cl)c1. The molecule has 180 valence electrons. The van der Waals surface area contributed by atoms with Gasteiger partial charge in [0.05, 0.1) is 16.5 Å². The average molecular weight is 505 g/mol. The predicted molar refractivity (Wildman–Crippen MR) is 146 cm³/mol. The summed E-state index contributed by atoms with van der Waals surface area (Å²) in [4.78, 5) is 12.8. The molecule has 0 saturated carbocycles. The third kappa shape index (κ3) is 5.77. The van der Waals surface area contributed by atoms with Gasteiger partial charge in [0.2, 0.25) is 5.91 Å². The van der Waals surface area contributed by atoms with Crippen molar-refractivity contribution in [1.29, 1.82) is 0 Å². The van der Waals surface area contributed by atoms with Crippen LogP contribution in [0.2, 0.25) is 5.02 Å². The molecule has 0 atom stereocenters. The summed E-state index contributed by atoms with van der Waals surface area (Å²) in [7, 11) is 0. The van der Waals surface area contributed by atoms with E-state index in [0.29, 0.717) is 15.9 Å². The van der Waals surface area contributed by atoms with Crippen molar-refractivity contribution in [2.45, 2.75) is 45.2 Å². The van der Waals surface area contributed by atoms with Crippen LogP contribution < -0.4 is 5.32 Å². The smallest absolute Gasteiger partial charge is 0.234 e. The summed E-state index contributed by atoms with van der Waals surface area (Å²) >= 11 is 7.70. The van der Waals surface area contributed by atoms with Gasteiger partial charge < -0.3 is 5.32 Å². The summed E-state index contributed by atoms with van der Waals surface area (Å²) in [6, 6.07) is 22.2. The van der Waals surface area contributed by atoms with Crippen molar-refractivity contribution >= 4 is 35.0 Å². The van der Waals surface area contributed by atoms with Crippen LogP contribution >= 0.6 is 23.4 Å². The Balaban J connectivity index is 1.60. The van der Waals surface area contributed by atoms with E-state index in [0.717, 1.165) is 28.2 Å². The van der Waals surface area contributed by atoms with E-state index in [9.17, 15) is 4.79 Å². The van der Waals surface area contributed by atoms with E-state index in [-0.39, 0.29) is 17.1 Å². The zero-order valence-corrected chi connectivity index (χ0v) is 22.2. The van der Waals surface area contributed by atoms with Gasteiger partial charge in [-0.25, -0.2) is 0 Å². The van der Waals surface area contributed by atoms with E-state index < -0.39 is 0 Å². The van der Waals surface area contributed by atoms with Crippen molar-refractivity contribution in [3.05, 3.63) is 88.4 Å². The molecule has 0 spiro atoms. The number of anilines is 1. The Bertz CT molecular complexity index is 1320. The molecule has 0 aliphatic rings. The number of benzene rings is 3. The Hall–Kier alpha value is -3.09. The Morgan fingerprint density at radius 2 is 1.69 bits per heavy atom. The molecule has 0 aliphatic heterocycles. The lowest BCUT2D eigenvalue weighted by atomic mass is 9.87. The first-order chi connectivity index (χ1) is 16.6. The molecular weight excluding hydrogens is 476 g/mol. The summed E-state index contributed by atoms with van der Waals surface area (Å²) in [6.45, 7) is 10.5. The van der Waals surface area contributed by atoms with Crippen LogP contribution in [0.25, 0.3) is 17.1 Å². The largest absolute Gasteiger partial charge is 0.324 e. The number of halogens is 1. The van der Waals surface area contributed by atoms with Crippen molar-refractivity contribution in [2.24, 2.45) is 0 Å². The van der Waals surface area contributed by atoms with Crippen LogP contribution in [0.15, 0.2) is 71.9 Å². The van der Waals surface area contributed by atoms with Crippen molar-refractivity contribution < 1.29 is 4.79 Å². The van der Waals surface area contributed by atoms with E-state index in [2.05, 4.69) is 60.6 Å². The quantitative estimate of drug-likeness (QED) is 0.281. The topological polar surface area (TPSA) is 59.8 Å². The highest BCUT2D eigenvalue weighted by molar-refractivity contribution is 7.99. The fourth-order valence-corrected chi connectivity index (χ4v) is 4.98. The van der Waals surface area contributed by atoms with Gasteiger partial charge in [-0.15, -0.1) is 10.2 Å². The first-order valence-electron chi connectivity index (χ1n) is 11.4. The summed E-state index contributed by atoms with van der Waals surface area (Å²) in [6.07, 6.45) is 0. The number of carbonyl (C=O) groups excluding carboxylic acids is 1. The Morgan fingerprint density at radius 1 is 1.00 bits per heavy atom. The van der Waals surface area contributed by atoms with Gasteiger partial charge >= 0.3 is 0 Å². The molecule has 1 heterocycles. The van der Waals surface area contributed by atoms with Crippen LogP contribution in [0.1, 0.15) is 37.5 Å². The number of hydrogen-bond donors (Lipinski definition) is 1. The lowest BCUT2D eigenvalue weighted by molar-refractivity contribution is -0.113. The maximum absolute atomic E-state index is 12.8. The molecule has 4 rings (SSSR count). The molecule has 0 saturated heterocycles. The highest BCUT2D eigenvalue weighted by Crippen LogP contribution is 2.31. The molecule has 7 heteroatoms. The average Bonchev–Trinajstić information content (AvgIpc) is 3.24. The number of thioether (sulfide) groups is 1. The fraction of sp³-hybridized carbons (Fsp3) is 0.250. The lowest BCUT2D eigenvalue weighted by Crippen LogP contribution is -2.16. The first kappa shape index (κ1) is 25.0. The predicted octanol–water partition coefficient (Wildman–Crippen LogP) is 7.23. The molecule has 0 aliphatic carbocycles. The van der Waals surface area contributed by atoms with Crippen LogP contribution in [0.5, 0.6) is 0 Å². The molecule has 4 aromatic rings. The number of aromatic nitrogens is 3. The number of hydrogen-bond acceptors (Lipinski definition) is 4. The number of amides is 1. The molecule has 5 nitrogen and oxygen atoms in total. The molecule has 35 heavy (non-hydrogen) atoms. The molecular formula is C28H29ClN4OS. The number of carbonyl (C=O) groups is 1.